The smallest absolute Gasteiger partial charge is 0.277 e. The van der Waals surface area contributed by atoms with Gasteiger partial charge in [-0.15, -0.1) is 11.3 Å². The van der Waals surface area contributed by atoms with Gasteiger partial charge in [-0.05, 0) is 60.3 Å². The largest absolute Gasteiger partial charge is 0.384 e. The molecular weight excluding hydrogens is 504 g/mol. The number of thiazole rings is 1. The van der Waals surface area contributed by atoms with Crippen molar-refractivity contribution >= 4 is 62.9 Å². The standard InChI is InChI=1S/C26H26N8OS2/c1-30-15-22(33-29)25(35)31-18-8-5-9-19(14-18)37-34-21(13-16-6-4-7-17(12-16)24(27)28)26-32-20-10-2-3-11-23(20)36-26/h2-12,14-15,21,34H,13,29H2,1H3,(H3,27,28)(H,31,35)/t21-/m0/s1. The molecule has 11 heteroatoms. The Hall–Kier alpha value is -4.06. The molecule has 1 aromatic heterocycles. The van der Waals surface area contributed by atoms with Crippen LogP contribution in [0.4, 0.5) is 5.69 Å². The van der Waals surface area contributed by atoms with Crippen LogP contribution in [-0.4, -0.2) is 35.7 Å². The van der Waals surface area contributed by atoms with Crippen molar-refractivity contribution in [2.75, 3.05) is 12.4 Å². The number of benzene rings is 3. The number of para-hydroxylation sites is 1. The van der Waals surface area contributed by atoms with Crippen LogP contribution < -0.4 is 21.6 Å². The van der Waals surface area contributed by atoms with Crippen LogP contribution in [0.3, 0.4) is 0 Å². The zero-order valence-corrected chi connectivity index (χ0v) is 21.6. The maximum atomic E-state index is 12.4. The summed E-state index contributed by atoms with van der Waals surface area (Å²) in [5, 5.41) is 15.0. The first-order chi connectivity index (χ1) is 18.0. The summed E-state index contributed by atoms with van der Waals surface area (Å²) >= 11 is 3.09. The van der Waals surface area contributed by atoms with Crippen molar-refractivity contribution in [2.45, 2.75) is 17.4 Å². The third-order valence-corrected chi connectivity index (χ3v) is 7.36. The van der Waals surface area contributed by atoms with Gasteiger partial charge >= 0.3 is 0 Å². The number of nitrogens with two attached hydrogens (primary N) is 2. The molecule has 0 saturated heterocycles. The van der Waals surface area contributed by atoms with E-state index in [-0.39, 0.29) is 17.6 Å². The number of nitrogens with zero attached hydrogens (tertiary/aromatic N) is 3. The van der Waals surface area contributed by atoms with Crippen molar-refractivity contribution in [3.05, 3.63) is 88.9 Å². The van der Waals surface area contributed by atoms with E-state index in [9.17, 15) is 4.79 Å². The Morgan fingerprint density at radius 1 is 1.16 bits per heavy atom. The van der Waals surface area contributed by atoms with Crippen LogP contribution in [0.25, 0.3) is 10.2 Å². The number of carbonyl (C=O) groups excluding carboxylic acids is 1. The molecule has 0 aliphatic carbocycles. The number of anilines is 1. The minimum Gasteiger partial charge on any atom is -0.384 e. The van der Waals surface area contributed by atoms with Crippen molar-refractivity contribution in [1.29, 1.82) is 5.41 Å². The predicted molar refractivity (Wildman–Crippen MR) is 154 cm³/mol. The maximum Gasteiger partial charge on any atom is 0.277 e. The summed E-state index contributed by atoms with van der Waals surface area (Å²) in [7, 11) is 1.54. The van der Waals surface area contributed by atoms with E-state index >= 15 is 0 Å². The van der Waals surface area contributed by atoms with Gasteiger partial charge in [0.05, 0.1) is 22.5 Å². The number of amides is 1. The van der Waals surface area contributed by atoms with Crippen LogP contribution in [0.5, 0.6) is 0 Å². The Labute approximate surface area is 222 Å². The second-order valence-electron chi connectivity index (χ2n) is 7.99. The van der Waals surface area contributed by atoms with E-state index < -0.39 is 5.91 Å². The quantitative estimate of drug-likeness (QED) is 0.0683. The average Bonchev–Trinajstić information content (AvgIpc) is 3.34. The molecule has 7 N–H and O–H groups in total. The SMILES string of the molecule is CN=CC(=NN)C(=O)Nc1cccc(SN[C@@H](Cc2cccc(C(=N)N)c2)c2nc3ccccc3s2)c1. The summed E-state index contributed by atoms with van der Waals surface area (Å²) in [6.45, 7) is 0. The normalized spacial score (nSPS) is 12.6. The number of amidine groups is 1. The lowest BCUT2D eigenvalue weighted by molar-refractivity contribution is -0.110. The van der Waals surface area contributed by atoms with Crippen LogP contribution in [0.1, 0.15) is 22.2 Å². The molecule has 0 unspecified atom stereocenters. The van der Waals surface area contributed by atoms with E-state index in [4.69, 9.17) is 22.0 Å². The van der Waals surface area contributed by atoms with Crippen LogP contribution in [-0.2, 0) is 11.2 Å². The minimum absolute atomic E-state index is 0.0300. The predicted octanol–water partition coefficient (Wildman–Crippen LogP) is 4.11. The molecule has 0 aliphatic heterocycles. The van der Waals surface area contributed by atoms with Gasteiger partial charge in [0.15, 0.2) is 5.71 Å². The first-order valence-electron chi connectivity index (χ1n) is 11.3. The Morgan fingerprint density at radius 3 is 2.73 bits per heavy atom. The van der Waals surface area contributed by atoms with Crippen LogP contribution in [0.2, 0.25) is 0 Å². The number of hydrogen-bond acceptors (Lipinski definition) is 9. The minimum atomic E-state index is -0.444. The number of aliphatic imine (C=N–C) groups is 1. The van der Waals surface area contributed by atoms with Gasteiger partial charge in [-0.2, -0.15) is 5.10 Å². The molecule has 4 rings (SSSR count). The number of rotatable bonds is 10. The highest BCUT2D eigenvalue weighted by Crippen LogP contribution is 2.31. The Bertz CT molecular complexity index is 1450. The summed E-state index contributed by atoms with van der Waals surface area (Å²) in [6, 6.07) is 23.1. The van der Waals surface area contributed by atoms with Crippen molar-refractivity contribution < 1.29 is 4.79 Å². The van der Waals surface area contributed by atoms with Crippen LogP contribution in [0, 0.1) is 5.41 Å². The van der Waals surface area contributed by atoms with Gasteiger partial charge in [0.25, 0.3) is 5.91 Å². The summed E-state index contributed by atoms with van der Waals surface area (Å²) < 4.78 is 4.66. The van der Waals surface area contributed by atoms with E-state index in [0.717, 1.165) is 25.7 Å². The molecule has 3 aromatic carbocycles. The fraction of sp³-hybridized carbons (Fsp3) is 0.115. The highest BCUT2D eigenvalue weighted by molar-refractivity contribution is 7.97. The molecule has 9 nitrogen and oxygen atoms in total. The maximum absolute atomic E-state index is 12.4. The van der Waals surface area contributed by atoms with Crippen molar-refractivity contribution in [2.24, 2.45) is 21.7 Å². The first kappa shape index (κ1) is 26.0. The Kier molecular flexibility index (Phi) is 8.62. The molecule has 0 aliphatic rings. The van der Waals surface area contributed by atoms with Crippen molar-refractivity contribution in [3.8, 4) is 0 Å². The lowest BCUT2D eigenvalue weighted by Crippen LogP contribution is -2.25. The molecule has 0 radical (unpaired) electrons. The third-order valence-electron chi connectivity index (χ3n) is 5.32. The van der Waals surface area contributed by atoms with E-state index in [0.29, 0.717) is 17.7 Å². The summed E-state index contributed by atoms with van der Waals surface area (Å²) in [6.07, 6.45) is 1.95. The van der Waals surface area contributed by atoms with Gasteiger partial charge in [-0.1, -0.05) is 36.4 Å². The van der Waals surface area contributed by atoms with Gasteiger partial charge < -0.3 is 16.9 Å². The molecule has 4 aromatic rings. The van der Waals surface area contributed by atoms with Gasteiger partial charge in [-0.25, -0.2) is 9.71 Å². The van der Waals surface area contributed by atoms with Gasteiger partial charge in [0.2, 0.25) is 0 Å². The highest BCUT2D eigenvalue weighted by atomic mass is 32.2. The highest BCUT2D eigenvalue weighted by Gasteiger charge is 2.18. The zero-order chi connectivity index (χ0) is 26.2. The molecular formula is C26H26N8OS2. The fourth-order valence-electron chi connectivity index (χ4n) is 3.56. The first-order valence-corrected chi connectivity index (χ1v) is 12.9. The summed E-state index contributed by atoms with van der Waals surface area (Å²) in [5.74, 6) is 4.89. The second-order valence-corrected chi connectivity index (χ2v) is 9.97. The van der Waals surface area contributed by atoms with Gasteiger partial charge in [0.1, 0.15) is 10.8 Å². The zero-order valence-electron chi connectivity index (χ0n) is 20.0. The Morgan fingerprint density at radius 2 is 1.97 bits per heavy atom. The number of aromatic nitrogens is 1. The molecule has 0 fully saturated rings. The average molecular weight is 531 g/mol. The third kappa shape index (κ3) is 6.79. The molecule has 0 spiro atoms. The van der Waals surface area contributed by atoms with E-state index in [1.165, 1.54) is 18.2 Å². The van der Waals surface area contributed by atoms with Crippen molar-refractivity contribution in [3.63, 3.8) is 0 Å². The number of hydrazone groups is 1. The molecule has 0 bridgehead atoms. The number of hydrogen-bond donors (Lipinski definition) is 5. The molecule has 1 amide bonds. The van der Waals surface area contributed by atoms with Crippen LogP contribution in [0.15, 0.2) is 87.8 Å². The summed E-state index contributed by atoms with van der Waals surface area (Å²) in [4.78, 5) is 22.0. The number of nitrogen functional groups attached to an aromatic ring is 1. The Balaban J connectivity index is 1.55. The topological polar surface area (TPSA) is 155 Å². The van der Waals surface area contributed by atoms with E-state index in [1.54, 1.807) is 24.5 Å². The molecule has 0 saturated carbocycles. The molecule has 37 heavy (non-hydrogen) atoms. The van der Waals surface area contributed by atoms with Crippen molar-refractivity contribution in [1.82, 2.24) is 9.71 Å². The van der Waals surface area contributed by atoms with E-state index in [2.05, 4.69) is 26.2 Å². The lowest BCUT2D eigenvalue weighted by atomic mass is 10.0. The summed E-state index contributed by atoms with van der Waals surface area (Å²) in [5.41, 5.74) is 9.02. The number of carbonyl (C=O) groups is 1. The fourth-order valence-corrected chi connectivity index (χ4v) is 5.46. The lowest BCUT2D eigenvalue weighted by Gasteiger charge is -2.17. The number of nitrogens with one attached hydrogen (secondary N) is 3. The monoisotopic (exact) mass is 530 g/mol. The molecule has 188 valence electrons. The molecule has 1 atom stereocenters. The van der Waals surface area contributed by atoms with Gasteiger partial charge in [0, 0.05) is 23.2 Å². The number of fused-ring (bicyclic) bond motifs is 1. The van der Waals surface area contributed by atoms with E-state index in [1.807, 2.05) is 60.7 Å². The molecule has 1 heterocycles. The van der Waals surface area contributed by atoms with Gasteiger partial charge in [-0.3, -0.25) is 15.2 Å². The second kappa shape index (κ2) is 12.3. The van der Waals surface area contributed by atoms with Crippen LogP contribution >= 0.6 is 23.3 Å².